The Labute approximate surface area is 115 Å². The minimum Gasteiger partial charge on any atom is -0.381 e. The van der Waals surface area contributed by atoms with Gasteiger partial charge in [0.2, 0.25) is 0 Å². The Balaban J connectivity index is 1.99. The van der Waals surface area contributed by atoms with Crippen molar-refractivity contribution in [3.8, 4) is 0 Å². The summed E-state index contributed by atoms with van der Waals surface area (Å²) in [7, 11) is 0. The summed E-state index contributed by atoms with van der Waals surface area (Å²) < 4.78 is 5.62. The van der Waals surface area contributed by atoms with Crippen LogP contribution in [0, 0.1) is 5.41 Å². The first-order valence-electron chi connectivity index (χ1n) is 6.77. The van der Waals surface area contributed by atoms with E-state index in [1.807, 2.05) is 12.1 Å². The van der Waals surface area contributed by atoms with Gasteiger partial charge in [-0.15, -0.1) is 0 Å². The molecular weight excluding hydrogens is 246 g/mol. The Morgan fingerprint density at radius 1 is 1.33 bits per heavy atom. The summed E-state index contributed by atoms with van der Waals surface area (Å²) in [4.78, 5) is 0. The molecule has 18 heavy (non-hydrogen) atoms. The molecule has 1 aliphatic rings. The zero-order valence-electron chi connectivity index (χ0n) is 11.0. The molecule has 0 bridgehead atoms. The van der Waals surface area contributed by atoms with Crippen molar-refractivity contribution >= 4 is 11.6 Å². The third kappa shape index (κ3) is 3.71. The average Bonchev–Trinajstić information content (AvgIpc) is 2.82. The van der Waals surface area contributed by atoms with E-state index in [0.29, 0.717) is 0 Å². The van der Waals surface area contributed by atoms with Crippen molar-refractivity contribution < 1.29 is 4.74 Å². The van der Waals surface area contributed by atoms with Crippen LogP contribution >= 0.6 is 11.6 Å². The maximum absolute atomic E-state index is 5.93. The van der Waals surface area contributed by atoms with Gasteiger partial charge in [-0.25, -0.2) is 0 Å². The zero-order valence-corrected chi connectivity index (χ0v) is 11.8. The first-order valence-corrected chi connectivity index (χ1v) is 7.15. The lowest BCUT2D eigenvalue weighted by Crippen LogP contribution is -2.37. The van der Waals surface area contributed by atoms with E-state index >= 15 is 0 Å². The molecule has 1 heterocycles. The van der Waals surface area contributed by atoms with Gasteiger partial charge in [-0.2, -0.15) is 0 Å². The molecular formula is C15H22ClNO. The summed E-state index contributed by atoms with van der Waals surface area (Å²) in [6.45, 7) is 6.09. The first kappa shape index (κ1) is 13.9. The highest BCUT2D eigenvalue weighted by Crippen LogP contribution is 2.32. The maximum atomic E-state index is 5.93. The molecule has 2 rings (SSSR count). The highest BCUT2D eigenvalue weighted by Gasteiger charge is 2.34. The van der Waals surface area contributed by atoms with Crippen molar-refractivity contribution in [1.29, 1.82) is 0 Å². The van der Waals surface area contributed by atoms with Gasteiger partial charge in [-0.1, -0.05) is 30.7 Å². The topological polar surface area (TPSA) is 21.3 Å². The molecule has 1 saturated heterocycles. The third-order valence-electron chi connectivity index (χ3n) is 3.60. The second-order valence-corrected chi connectivity index (χ2v) is 5.72. The van der Waals surface area contributed by atoms with Gasteiger partial charge < -0.3 is 10.1 Å². The molecule has 1 aromatic carbocycles. The Hall–Kier alpha value is -0.570. The van der Waals surface area contributed by atoms with Gasteiger partial charge in [0.15, 0.2) is 0 Å². The van der Waals surface area contributed by atoms with Gasteiger partial charge >= 0.3 is 0 Å². The van der Waals surface area contributed by atoms with Crippen molar-refractivity contribution in [2.45, 2.75) is 26.2 Å². The fourth-order valence-corrected chi connectivity index (χ4v) is 2.68. The van der Waals surface area contributed by atoms with Crippen molar-refractivity contribution in [1.82, 2.24) is 5.32 Å². The normalized spacial score (nSPS) is 23.4. The van der Waals surface area contributed by atoms with Gasteiger partial charge in [0.05, 0.1) is 6.61 Å². The number of halogens is 1. The number of hydrogen-bond acceptors (Lipinski definition) is 2. The van der Waals surface area contributed by atoms with E-state index in [9.17, 15) is 0 Å². The SMILES string of the molecule is CCCNCC1(Cc2ccc(Cl)cc2)CCOC1. The summed E-state index contributed by atoms with van der Waals surface area (Å²) >= 11 is 5.93. The molecule has 0 aliphatic carbocycles. The smallest absolute Gasteiger partial charge is 0.0538 e. The van der Waals surface area contributed by atoms with Crippen molar-refractivity contribution in [3.05, 3.63) is 34.9 Å². The fourth-order valence-electron chi connectivity index (χ4n) is 2.56. The fraction of sp³-hybridized carbons (Fsp3) is 0.600. The lowest BCUT2D eigenvalue weighted by Gasteiger charge is -2.28. The lowest BCUT2D eigenvalue weighted by atomic mass is 9.81. The summed E-state index contributed by atoms with van der Waals surface area (Å²) in [5.74, 6) is 0. The van der Waals surface area contributed by atoms with Crippen LogP contribution in [0.5, 0.6) is 0 Å². The van der Waals surface area contributed by atoms with E-state index in [4.69, 9.17) is 16.3 Å². The van der Waals surface area contributed by atoms with E-state index in [-0.39, 0.29) is 5.41 Å². The van der Waals surface area contributed by atoms with Crippen LogP contribution in [0.1, 0.15) is 25.3 Å². The molecule has 0 aromatic heterocycles. The summed E-state index contributed by atoms with van der Waals surface area (Å²) in [6, 6.07) is 8.20. The largest absolute Gasteiger partial charge is 0.381 e. The standard InChI is InChI=1S/C15H22ClNO/c1-2-8-17-11-15(7-9-18-12-15)10-13-3-5-14(16)6-4-13/h3-6,17H,2,7-12H2,1H3. The van der Waals surface area contributed by atoms with Crippen molar-refractivity contribution in [2.24, 2.45) is 5.41 Å². The minimum absolute atomic E-state index is 0.267. The van der Waals surface area contributed by atoms with Crippen LogP contribution in [0.4, 0.5) is 0 Å². The number of benzene rings is 1. The molecule has 0 radical (unpaired) electrons. The number of nitrogens with one attached hydrogen (secondary N) is 1. The third-order valence-corrected chi connectivity index (χ3v) is 3.86. The first-order chi connectivity index (χ1) is 8.74. The monoisotopic (exact) mass is 267 g/mol. The van der Waals surface area contributed by atoms with Crippen LogP contribution in [0.15, 0.2) is 24.3 Å². The average molecular weight is 268 g/mol. The van der Waals surface area contributed by atoms with E-state index < -0.39 is 0 Å². The molecule has 0 saturated carbocycles. The van der Waals surface area contributed by atoms with Crippen LogP contribution < -0.4 is 5.32 Å². The number of hydrogen-bond donors (Lipinski definition) is 1. The van der Waals surface area contributed by atoms with Gasteiger partial charge in [0.1, 0.15) is 0 Å². The quantitative estimate of drug-likeness (QED) is 0.799. The van der Waals surface area contributed by atoms with E-state index in [0.717, 1.165) is 44.2 Å². The Morgan fingerprint density at radius 2 is 2.11 bits per heavy atom. The summed E-state index contributed by atoms with van der Waals surface area (Å²) in [6.07, 6.45) is 3.39. The molecule has 100 valence electrons. The number of rotatable bonds is 6. The second kappa shape index (κ2) is 6.55. The maximum Gasteiger partial charge on any atom is 0.0538 e. The second-order valence-electron chi connectivity index (χ2n) is 5.28. The molecule has 1 unspecified atom stereocenters. The molecule has 2 nitrogen and oxygen atoms in total. The molecule has 1 fully saturated rings. The van der Waals surface area contributed by atoms with Crippen molar-refractivity contribution in [2.75, 3.05) is 26.3 Å². The molecule has 1 aliphatic heterocycles. The van der Waals surface area contributed by atoms with Crippen molar-refractivity contribution in [3.63, 3.8) is 0 Å². The van der Waals surface area contributed by atoms with E-state index in [2.05, 4.69) is 24.4 Å². The lowest BCUT2D eigenvalue weighted by molar-refractivity contribution is 0.149. The van der Waals surface area contributed by atoms with Crippen LogP contribution in [0.3, 0.4) is 0 Å². The van der Waals surface area contributed by atoms with E-state index in [1.54, 1.807) is 0 Å². The Kier molecular flexibility index (Phi) is 5.04. The highest BCUT2D eigenvalue weighted by atomic mass is 35.5. The van der Waals surface area contributed by atoms with E-state index in [1.165, 1.54) is 12.0 Å². The Morgan fingerprint density at radius 3 is 2.72 bits per heavy atom. The van der Waals surface area contributed by atoms with Gasteiger partial charge in [0.25, 0.3) is 0 Å². The highest BCUT2D eigenvalue weighted by molar-refractivity contribution is 6.30. The minimum atomic E-state index is 0.267. The molecule has 1 N–H and O–H groups in total. The van der Waals surface area contributed by atoms with Crippen LogP contribution in [-0.4, -0.2) is 26.3 Å². The van der Waals surface area contributed by atoms with Gasteiger partial charge in [-0.3, -0.25) is 0 Å². The van der Waals surface area contributed by atoms with Crippen LogP contribution in [-0.2, 0) is 11.2 Å². The molecule has 1 aromatic rings. The zero-order chi connectivity index (χ0) is 12.8. The molecule has 3 heteroatoms. The predicted octanol–water partition coefficient (Wildman–Crippen LogP) is 3.29. The predicted molar refractivity (Wildman–Crippen MR) is 76.2 cm³/mol. The van der Waals surface area contributed by atoms with Gasteiger partial charge in [0, 0.05) is 23.6 Å². The van der Waals surface area contributed by atoms with Gasteiger partial charge in [-0.05, 0) is 43.5 Å². The Bertz CT molecular complexity index is 357. The summed E-state index contributed by atoms with van der Waals surface area (Å²) in [5.41, 5.74) is 1.62. The van der Waals surface area contributed by atoms with Crippen LogP contribution in [0.2, 0.25) is 5.02 Å². The number of ether oxygens (including phenoxy) is 1. The molecule has 0 amide bonds. The molecule has 1 atom stereocenters. The summed E-state index contributed by atoms with van der Waals surface area (Å²) in [5, 5.41) is 4.35. The van der Waals surface area contributed by atoms with Crippen LogP contribution in [0.25, 0.3) is 0 Å². The molecule has 0 spiro atoms.